The Hall–Kier alpha value is -2.34. The number of aryl methyl sites for hydroxylation is 2. The van der Waals surface area contributed by atoms with Gasteiger partial charge in [-0.25, -0.2) is 0 Å². The topological polar surface area (TPSA) is 58.6 Å². The molecule has 2 rings (SSSR count). The summed E-state index contributed by atoms with van der Waals surface area (Å²) in [6.45, 7) is 6.10. The maximum Gasteiger partial charge on any atom is 0.261 e. The molecule has 0 aliphatic heterocycles. The van der Waals surface area contributed by atoms with E-state index in [0.29, 0.717) is 18.7 Å². The SMILES string of the molecule is CC[C@H](C(=O)NC)N(Cc1ccccc1C)C(=O)COc1ccc(Br)c(C)c1. The lowest BCUT2D eigenvalue weighted by Gasteiger charge is -2.30. The van der Waals surface area contributed by atoms with Crippen LogP contribution in [0.15, 0.2) is 46.9 Å². The van der Waals surface area contributed by atoms with Crippen LogP contribution in [0.25, 0.3) is 0 Å². The first-order valence-corrected chi connectivity index (χ1v) is 10.1. The Morgan fingerprint density at radius 1 is 1.14 bits per heavy atom. The smallest absolute Gasteiger partial charge is 0.261 e. The molecule has 0 aliphatic rings. The standard InChI is InChI=1S/C22H27BrN2O3/c1-5-20(22(27)24-4)25(13-17-9-7-6-8-15(17)2)21(26)14-28-18-10-11-19(23)16(3)12-18/h6-12,20H,5,13-14H2,1-4H3,(H,24,27)/t20-/m1/s1. The highest BCUT2D eigenvalue weighted by Gasteiger charge is 2.28. The second-order valence-electron chi connectivity index (χ2n) is 6.69. The number of rotatable bonds is 8. The normalized spacial score (nSPS) is 11.6. The second-order valence-corrected chi connectivity index (χ2v) is 7.54. The van der Waals surface area contributed by atoms with Gasteiger partial charge in [-0.1, -0.05) is 47.1 Å². The highest BCUT2D eigenvalue weighted by atomic mass is 79.9. The molecular formula is C22H27BrN2O3. The number of nitrogens with zero attached hydrogens (tertiary/aromatic N) is 1. The van der Waals surface area contributed by atoms with Crippen molar-refractivity contribution in [1.29, 1.82) is 0 Å². The van der Waals surface area contributed by atoms with E-state index in [2.05, 4.69) is 21.2 Å². The zero-order chi connectivity index (χ0) is 20.7. The number of ether oxygens (including phenoxy) is 1. The summed E-state index contributed by atoms with van der Waals surface area (Å²) in [4.78, 5) is 27.0. The summed E-state index contributed by atoms with van der Waals surface area (Å²) in [7, 11) is 1.59. The minimum atomic E-state index is -0.549. The number of benzene rings is 2. The summed E-state index contributed by atoms with van der Waals surface area (Å²) in [6, 6.07) is 12.9. The predicted octanol–water partition coefficient (Wildman–Crippen LogP) is 4.00. The van der Waals surface area contributed by atoms with Gasteiger partial charge in [-0.15, -0.1) is 0 Å². The molecule has 2 aromatic carbocycles. The lowest BCUT2D eigenvalue weighted by molar-refractivity contribution is -0.142. The molecule has 6 heteroatoms. The van der Waals surface area contributed by atoms with E-state index < -0.39 is 6.04 Å². The van der Waals surface area contributed by atoms with Gasteiger partial charge in [0.05, 0.1) is 0 Å². The van der Waals surface area contributed by atoms with Gasteiger partial charge in [0.25, 0.3) is 5.91 Å². The van der Waals surface area contributed by atoms with Crippen LogP contribution >= 0.6 is 15.9 Å². The van der Waals surface area contributed by atoms with Crippen LogP contribution in [0, 0.1) is 13.8 Å². The van der Waals surface area contributed by atoms with E-state index >= 15 is 0 Å². The van der Waals surface area contributed by atoms with Gasteiger partial charge < -0.3 is 15.0 Å². The summed E-state index contributed by atoms with van der Waals surface area (Å²) in [5.41, 5.74) is 3.12. The molecule has 2 amide bonds. The number of carbonyl (C=O) groups is 2. The van der Waals surface area contributed by atoms with Crippen molar-refractivity contribution < 1.29 is 14.3 Å². The fourth-order valence-corrected chi connectivity index (χ4v) is 3.24. The lowest BCUT2D eigenvalue weighted by atomic mass is 10.1. The number of likely N-dealkylation sites (N-methyl/N-ethyl adjacent to an activating group) is 1. The fraction of sp³-hybridized carbons (Fsp3) is 0.364. The molecule has 150 valence electrons. The molecule has 0 spiro atoms. The molecular weight excluding hydrogens is 420 g/mol. The highest BCUT2D eigenvalue weighted by Crippen LogP contribution is 2.22. The molecule has 5 nitrogen and oxygen atoms in total. The number of amides is 2. The number of hydrogen-bond donors (Lipinski definition) is 1. The van der Waals surface area contributed by atoms with Crippen molar-refractivity contribution in [3.05, 3.63) is 63.6 Å². The van der Waals surface area contributed by atoms with Crippen molar-refractivity contribution in [2.24, 2.45) is 0 Å². The summed E-state index contributed by atoms with van der Waals surface area (Å²) in [5.74, 6) is 0.223. The number of carbonyl (C=O) groups excluding carboxylic acids is 2. The minimum absolute atomic E-state index is 0.125. The lowest BCUT2D eigenvalue weighted by Crippen LogP contribution is -2.49. The first-order valence-electron chi connectivity index (χ1n) is 9.31. The van der Waals surface area contributed by atoms with Crippen molar-refractivity contribution >= 4 is 27.7 Å². The second kappa shape index (κ2) is 10.3. The van der Waals surface area contributed by atoms with Crippen LogP contribution in [0.5, 0.6) is 5.75 Å². The molecule has 0 saturated heterocycles. The molecule has 0 aliphatic carbocycles. The molecule has 0 saturated carbocycles. The van der Waals surface area contributed by atoms with E-state index in [0.717, 1.165) is 21.2 Å². The Morgan fingerprint density at radius 2 is 1.86 bits per heavy atom. The van der Waals surface area contributed by atoms with Crippen LogP contribution in [0.3, 0.4) is 0 Å². The third-order valence-corrected chi connectivity index (χ3v) is 5.62. The van der Waals surface area contributed by atoms with E-state index in [-0.39, 0.29) is 18.4 Å². The summed E-state index contributed by atoms with van der Waals surface area (Å²) >= 11 is 3.45. The van der Waals surface area contributed by atoms with Gasteiger partial charge in [0, 0.05) is 18.1 Å². The van der Waals surface area contributed by atoms with Gasteiger partial charge in [0.1, 0.15) is 11.8 Å². The summed E-state index contributed by atoms with van der Waals surface area (Å²) in [6.07, 6.45) is 0.523. The molecule has 0 unspecified atom stereocenters. The summed E-state index contributed by atoms with van der Waals surface area (Å²) in [5, 5.41) is 2.66. The van der Waals surface area contributed by atoms with E-state index in [4.69, 9.17) is 4.74 Å². The molecule has 0 radical (unpaired) electrons. The Labute approximate surface area is 175 Å². The summed E-state index contributed by atoms with van der Waals surface area (Å²) < 4.78 is 6.70. The van der Waals surface area contributed by atoms with Crippen molar-refractivity contribution in [2.75, 3.05) is 13.7 Å². The largest absolute Gasteiger partial charge is 0.484 e. The van der Waals surface area contributed by atoms with E-state index in [1.54, 1.807) is 11.9 Å². The van der Waals surface area contributed by atoms with Gasteiger partial charge in [-0.2, -0.15) is 0 Å². The van der Waals surface area contributed by atoms with Crippen LogP contribution in [0.4, 0.5) is 0 Å². The van der Waals surface area contributed by atoms with Gasteiger partial charge in [0.2, 0.25) is 5.91 Å². The Kier molecular flexibility index (Phi) is 8.05. The quantitative estimate of drug-likeness (QED) is 0.666. The first kappa shape index (κ1) is 22.0. The van der Waals surface area contributed by atoms with Crippen molar-refractivity contribution in [3.63, 3.8) is 0 Å². The number of halogens is 1. The predicted molar refractivity (Wildman–Crippen MR) is 114 cm³/mol. The van der Waals surface area contributed by atoms with Crippen LogP contribution in [-0.4, -0.2) is 36.4 Å². The maximum absolute atomic E-state index is 13.0. The van der Waals surface area contributed by atoms with Gasteiger partial charge in [-0.05, 0) is 55.2 Å². The highest BCUT2D eigenvalue weighted by molar-refractivity contribution is 9.10. The molecule has 0 bridgehead atoms. The zero-order valence-electron chi connectivity index (χ0n) is 16.8. The van der Waals surface area contributed by atoms with Crippen molar-refractivity contribution in [3.8, 4) is 5.75 Å². The van der Waals surface area contributed by atoms with Crippen molar-refractivity contribution in [1.82, 2.24) is 10.2 Å². The number of hydrogen-bond acceptors (Lipinski definition) is 3. The average Bonchev–Trinajstić information content (AvgIpc) is 2.69. The van der Waals surface area contributed by atoms with E-state index in [1.807, 2.05) is 63.2 Å². The Balaban J connectivity index is 2.21. The molecule has 0 aromatic heterocycles. The molecule has 0 fully saturated rings. The van der Waals surface area contributed by atoms with Crippen LogP contribution in [0.1, 0.15) is 30.0 Å². The first-order chi connectivity index (χ1) is 13.4. The monoisotopic (exact) mass is 446 g/mol. The minimum Gasteiger partial charge on any atom is -0.484 e. The molecule has 28 heavy (non-hydrogen) atoms. The Bertz CT molecular complexity index is 838. The van der Waals surface area contributed by atoms with E-state index in [9.17, 15) is 9.59 Å². The third-order valence-electron chi connectivity index (χ3n) is 4.73. The molecule has 0 heterocycles. The maximum atomic E-state index is 13.0. The van der Waals surface area contributed by atoms with Gasteiger partial charge >= 0.3 is 0 Å². The Morgan fingerprint density at radius 3 is 2.46 bits per heavy atom. The van der Waals surface area contributed by atoms with Crippen molar-refractivity contribution in [2.45, 2.75) is 39.8 Å². The van der Waals surface area contributed by atoms with Gasteiger partial charge in [0.15, 0.2) is 6.61 Å². The molecule has 1 atom stereocenters. The number of nitrogens with one attached hydrogen (secondary N) is 1. The zero-order valence-corrected chi connectivity index (χ0v) is 18.4. The van der Waals surface area contributed by atoms with Crippen LogP contribution in [0.2, 0.25) is 0 Å². The average molecular weight is 447 g/mol. The van der Waals surface area contributed by atoms with Crippen LogP contribution in [-0.2, 0) is 16.1 Å². The third kappa shape index (κ3) is 5.58. The fourth-order valence-electron chi connectivity index (χ4n) is 2.99. The molecule has 2 aromatic rings. The van der Waals surface area contributed by atoms with Gasteiger partial charge in [-0.3, -0.25) is 9.59 Å². The molecule has 1 N–H and O–H groups in total. The van der Waals surface area contributed by atoms with E-state index in [1.165, 1.54) is 0 Å². The van der Waals surface area contributed by atoms with Crippen LogP contribution < -0.4 is 10.1 Å².